The Labute approximate surface area is 163 Å². The van der Waals surface area contributed by atoms with Gasteiger partial charge in [0.15, 0.2) is 11.6 Å². The number of rotatable bonds is 4. The largest absolute Gasteiger partial charge is 0.487 e. The first kappa shape index (κ1) is 18.5. The molecule has 3 aromatic rings. The van der Waals surface area contributed by atoms with Crippen LogP contribution in [0.4, 0.5) is 4.39 Å². The molecule has 28 heavy (non-hydrogen) atoms. The number of ether oxygens (including phenoxy) is 1. The van der Waals surface area contributed by atoms with Gasteiger partial charge < -0.3 is 10.1 Å². The summed E-state index contributed by atoms with van der Waals surface area (Å²) in [6, 6.07) is 10.8. The number of carbonyl (C=O) groups excluding carboxylic acids is 1. The Bertz CT molecular complexity index is 1020. The Hall–Kier alpha value is -2.89. The molecule has 0 spiro atoms. The maximum atomic E-state index is 14.3. The van der Waals surface area contributed by atoms with Gasteiger partial charge in [-0.2, -0.15) is 5.10 Å². The van der Waals surface area contributed by atoms with Gasteiger partial charge in [0.1, 0.15) is 6.10 Å². The van der Waals surface area contributed by atoms with Crippen LogP contribution in [0.1, 0.15) is 49.5 Å². The first-order valence-corrected chi connectivity index (χ1v) is 9.51. The molecule has 1 aliphatic carbocycles. The number of carbonyl (C=O) groups is 1. The normalized spacial score (nSPS) is 19.3. The summed E-state index contributed by atoms with van der Waals surface area (Å²) in [6.45, 7) is 6.14. The second-order valence-electron chi connectivity index (χ2n) is 8.37. The molecule has 2 heterocycles. The van der Waals surface area contributed by atoms with E-state index in [0.29, 0.717) is 18.4 Å². The quantitative estimate of drug-likeness (QED) is 0.740. The minimum absolute atomic E-state index is 0.0214. The topological polar surface area (TPSA) is 55.6 Å². The van der Waals surface area contributed by atoms with Gasteiger partial charge in [-0.25, -0.2) is 8.91 Å². The highest BCUT2D eigenvalue weighted by Crippen LogP contribution is 2.31. The van der Waals surface area contributed by atoms with Gasteiger partial charge in [-0.05, 0) is 35.2 Å². The number of hydrogen-bond acceptors (Lipinski definition) is 3. The Kier molecular flexibility index (Phi) is 4.57. The van der Waals surface area contributed by atoms with Crippen molar-refractivity contribution in [3.05, 3.63) is 65.7 Å². The van der Waals surface area contributed by atoms with E-state index in [4.69, 9.17) is 4.74 Å². The fourth-order valence-corrected chi connectivity index (χ4v) is 3.39. The number of nitrogens with one attached hydrogen (secondary N) is 1. The lowest BCUT2D eigenvalue weighted by Gasteiger charge is -2.36. The number of aromatic nitrogens is 2. The van der Waals surface area contributed by atoms with Gasteiger partial charge in [0.2, 0.25) is 0 Å². The van der Waals surface area contributed by atoms with Crippen molar-refractivity contribution in [2.75, 3.05) is 0 Å². The molecule has 1 aromatic carbocycles. The lowest BCUT2D eigenvalue weighted by Crippen LogP contribution is -2.49. The molecule has 1 fully saturated rings. The Morgan fingerprint density at radius 1 is 1.25 bits per heavy atom. The molecule has 146 valence electrons. The number of fused-ring (bicyclic) bond motifs is 1. The van der Waals surface area contributed by atoms with Crippen LogP contribution in [0.2, 0.25) is 0 Å². The predicted molar refractivity (Wildman–Crippen MR) is 105 cm³/mol. The molecular weight excluding hydrogens is 357 g/mol. The van der Waals surface area contributed by atoms with E-state index in [2.05, 4.69) is 10.4 Å². The van der Waals surface area contributed by atoms with E-state index in [-0.39, 0.29) is 35.0 Å². The standard InChI is InChI=1S/C22H24FN3O2/c1-22(2,3)14-7-8-20(18(23)10-14)28-16-11-15(12-16)25-21(27)17-13-24-26-9-5-4-6-19(17)26/h4-10,13,15-16H,11-12H2,1-3H3,(H,25,27). The fourth-order valence-electron chi connectivity index (χ4n) is 3.39. The molecule has 1 N–H and O–H groups in total. The summed E-state index contributed by atoms with van der Waals surface area (Å²) in [5.41, 5.74) is 2.15. The number of hydrogen-bond donors (Lipinski definition) is 1. The molecule has 1 aliphatic rings. The lowest BCUT2D eigenvalue weighted by atomic mass is 9.87. The van der Waals surface area contributed by atoms with Crippen LogP contribution in [-0.2, 0) is 5.41 Å². The van der Waals surface area contributed by atoms with Crippen LogP contribution in [0, 0.1) is 5.82 Å². The number of pyridine rings is 1. The van der Waals surface area contributed by atoms with Crippen molar-refractivity contribution >= 4 is 11.4 Å². The molecule has 1 amide bonds. The van der Waals surface area contributed by atoms with E-state index in [1.165, 1.54) is 0 Å². The molecule has 0 saturated heterocycles. The molecule has 0 bridgehead atoms. The third-order valence-corrected chi connectivity index (χ3v) is 5.19. The van der Waals surface area contributed by atoms with Crippen molar-refractivity contribution in [2.24, 2.45) is 0 Å². The lowest BCUT2D eigenvalue weighted by molar-refractivity contribution is 0.0681. The van der Waals surface area contributed by atoms with Crippen LogP contribution >= 0.6 is 0 Å². The molecule has 1 saturated carbocycles. The van der Waals surface area contributed by atoms with Crippen molar-refractivity contribution in [1.82, 2.24) is 14.9 Å². The van der Waals surface area contributed by atoms with E-state index in [1.807, 2.05) is 45.0 Å². The third-order valence-electron chi connectivity index (χ3n) is 5.19. The van der Waals surface area contributed by atoms with Crippen LogP contribution in [0.15, 0.2) is 48.8 Å². The van der Waals surface area contributed by atoms with Gasteiger partial charge in [0.05, 0.1) is 17.3 Å². The highest BCUT2D eigenvalue weighted by molar-refractivity contribution is 6.00. The fraction of sp³-hybridized carbons (Fsp3) is 0.364. The summed E-state index contributed by atoms with van der Waals surface area (Å²) >= 11 is 0. The van der Waals surface area contributed by atoms with Gasteiger partial charge >= 0.3 is 0 Å². The summed E-state index contributed by atoms with van der Waals surface area (Å²) in [4.78, 5) is 12.5. The summed E-state index contributed by atoms with van der Waals surface area (Å²) in [7, 11) is 0. The molecule has 6 heteroatoms. The van der Waals surface area contributed by atoms with Gasteiger partial charge in [-0.15, -0.1) is 0 Å². The molecule has 0 atom stereocenters. The molecular formula is C22H24FN3O2. The van der Waals surface area contributed by atoms with E-state index < -0.39 is 0 Å². The second-order valence-corrected chi connectivity index (χ2v) is 8.37. The summed E-state index contributed by atoms with van der Waals surface area (Å²) in [5.74, 6) is -0.220. The molecule has 0 unspecified atom stereocenters. The number of halogens is 1. The second kappa shape index (κ2) is 6.93. The zero-order valence-electron chi connectivity index (χ0n) is 16.3. The monoisotopic (exact) mass is 381 g/mol. The van der Waals surface area contributed by atoms with Crippen LogP contribution < -0.4 is 10.1 Å². The van der Waals surface area contributed by atoms with Crippen LogP contribution in [0.3, 0.4) is 0 Å². The third kappa shape index (κ3) is 3.59. The van der Waals surface area contributed by atoms with Crippen LogP contribution in [0.5, 0.6) is 5.75 Å². The molecule has 2 aromatic heterocycles. The zero-order valence-corrected chi connectivity index (χ0v) is 16.3. The van der Waals surface area contributed by atoms with Crippen molar-refractivity contribution < 1.29 is 13.9 Å². The van der Waals surface area contributed by atoms with Gasteiger partial charge in [-0.1, -0.05) is 32.9 Å². The van der Waals surface area contributed by atoms with E-state index in [1.54, 1.807) is 29.0 Å². The minimum Gasteiger partial charge on any atom is -0.487 e. The summed E-state index contributed by atoms with van der Waals surface area (Å²) in [5, 5.41) is 7.19. The maximum Gasteiger partial charge on any atom is 0.255 e. The smallest absolute Gasteiger partial charge is 0.255 e. The first-order valence-electron chi connectivity index (χ1n) is 9.51. The molecule has 0 aliphatic heterocycles. The Morgan fingerprint density at radius 2 is 2.04 bits per heavy atom. The van der Waals surface area contributed by atoms with E-state index in [0.717, 1.165) is 11.1 Å². The van der Waals surface area contributed by atoms with Crippen molar-refractivity contribution in [3.63, 3.8) is 0 Å². The van der Waals surface area contributed by atoms with Gasteiger partial charge in [-0.3, -0.25) is 4.79 Å². The van der Waals surface area contributed by atoms with Gasteiger partial charge in [0, 0.05) is 25.1 Å². The van der Waals surface area contributed by atoms with Gasteiger partial charge in [0.25, 0.3) is 5.91 Å². The van der Waals surface area contributed by atoms with E-state index >= 15 is 0 Å². The van der Waals surface area contributed by atoms with E-state index in [9.17, 15) is 9.18 Å². The number of benzene rings is 1. The first-order chi connectivity index (χ1) is 13.3. The SMILES string of the molecule is CC(C)(C)c1ccc(OC2CC(NC(=O)c3cnn4ccccc34)C2)c(F)c1. The Balaban J connectivity index is 1.33. The number of amides is 1. The van der Waals surface area contributed by atoms with Crippen molar-refractivity contribution in [1.29, 1.82) is 0 Å². The zero-order chi connectivity index (χ0) is 19.9. The van der Waals surface area contributed by atoms with Crippen LogP contribution in [-0.4, -0.2) is 27.7 Å². The van der Waals surface area contributed by atoms with Crippen molar-refractivity contribution in [3.8, 4) is 5.75 Å². The summed E-state index contributed by atoms with van der Waals surface area (Å²) in [6.07, 6.45) is 4.60. The maximum absolute atomic E-state index is 14.3. The van der Waals surface area contributed by atoms with Crippen molar-refractivity contribution in [2.45, 2.75) is 51.2 Å². The number of nitrogens with zero attached hydrogens (tertiary/aromatic N) is 2. The minimum atomic E-state index is -0.341. The average Bonchev–Trinajstić information content (AvgIpc) is 3.04. The predicted octanol–water partition coefficient (Wildman–Crippen LogP) is 4.11. The average molecular weight is 381 g/mol. The Morgan fingerprint density at radius 3 is 2.75 bits per heavy atom. The molecule has 5 nitrogen and oxygen atoms in total. The molecule has 0 radical (unpaired) electrons. The molecule has 4 rings (SSSR count). The summed E-state index contributed by atoms with van der Waals surface area (Å²) < 4.78 is 21.8. The van der Waals surface area contributed by atoms with Crippen LogP contribution in [0.25, 0.3) is 5.52 Å². The highest BCUT2D eigenvalue weighted by Gasteiger charge is 2.33. The highest BCUT2D eigenvalue weighted by atomic mass is 19.1.